The number of aryl methyl sites for hydroxylation is 1. The largest absolute Gasteiger partial charge is 0.495 e. The molecule has 2 rings (SSSR count). The molecule has 0 spiro atoms. The lowest BCUT2D eigenvalue weighted by atomic mass is 10.2. The topological polar surface area (TPSA) is 81.4 Å². The zero-order chi connectivity index (χ0) is 14.0. The number of ether oxygens (including phenoxy) is 1. The van der Waals surface area contributed by atoms with Gasteiger partial charge in [-0.1, -0.05) is 12.5 Å². The Kier molecular flexibility index (Phi) is 4.13. The van der Waals surface area contributed by atoms with Gasteiger partial charge in [0, 0.05) is 12.1 Å². The van der Waals surface area contributed by atoms with Crippen LogP contribution in [0.2, 0.25) is 0 Å². The molecule has 2 atom stereocenters. The van der Waals surface area contributed by atoms with Gasteiger partial charge in [0.25, 0.3) is 0 Å². The normalized spacial score (nSPS) is 23.5. The average Bonchev–Trinajstić information content (AvgIpc) is 2.74. The smallest absolute Gasteiger partial charge is 0.244 e. The van der Waals surface area contributed by atoms with Crippen LogP contribution in [0.15, 0.2) is 23.1 Å². The number of nitrogens with two attached hydrogens (primary N) is 1. The number of sulfonamides is 1. The minimum atomic E-state index is -3.60. The Bertz CT molecular complexity index is 557. The second-order valence-electron chi connectivity index (χ2n) is 4.98. The van der Waals surface area contributed by atoms with E-state index in [0.29, 0.717) is 5.75 Å². The summed E-state index contributed by atoms with van der Waals surface area (Å²) >= 11 is 0. The third-order valence-corrected chi connectivity index (χ3v) is 5.00. The van der Waals surface area contributed by atoms with Crippen molar-refractivity contribution in [2.24, 2.45) is 5.73 Å². The van der Waals surface area contributed by atoms with Crippen molar-refractivity contribution in [3.8, 4) is 5.75 Å². The van der Waals surface area contributed by atoms with Crippen LogP contribution < -0.4 is 15.2 Å². The van der Waals surface area contributed by atoms with Crippen LogP contribution in [0, 0.1) is 6.92 Å². The van der Waals surface area contributed by atoms with E-state index in [4.69, 9.17) is 10.5 Å². The number of hydrogen-bond acceptors (Lipinski definition) is 4. The van der Waals surface area contributed by atoms with Crippen molar-refractivity contribution in [3.05, 3.63) is 23.8 Å². The van der Waals surface area contributed by atoms with Crippen LogP contribution in [0.1, 0.15) is 24.8 Å². The second kappa shape index (κ2) is 5.48. The molecule has 1 aliphatic rings. The Hall–Kier alpha value is -1.11. The fourth-order valence-corrected chi connectivity index (χ4v) is 3.97. The fraction of sp³-hybridized carbons (Fsp3) is 0.538. The number of hydrogen-bond donors (Lipinski definition) is 2. The molecule has 106 valence electrons. The van der Waals surface area contributed by atoms with E-state index in [0.717, 1.165) is 24.8 Å². The van der Waals surface area contributed by atoms with E-state index in [9.17, 15) is 8.42 Å². The summed E-state index contributed by atoms with van der Waals surface area (Å²) in [7, 11) is -2.13. The monoisotopic (exact) mass is 284 g/mol. The van der Waals surface area contributed by atoms with Gasteiger partial charge in [-0.3, -0.25) is 0 Å². The molecule has 1 aromatic carbocycles. The predicted molar refractivity (Wildman–Crippen MR) is 73.7 cm³/mol. The first-order valence-electron chi connectivity index (χ1n) is 6.36. The highest BCUT2D eigenvalue weighted by molar-refractivity contribution is 7.89. The zero-order valence-corrected chi connectivity index (χ0v) is 12.0. The molecule has 0 heterocycles. The highest BCUT2D eigenvalue weighted by atomic mass is 32.2. The van der Waals surface area contributed by atoms with Crippen LogP contribution in [0.4, 0.5) is 0 Å². The summed E-state index contributed by atoms with van der Waals surface area (Å²) in [5, 5.41) is 0. The number of benzene rings is 1. The molecular weight excluding hydrogens is 264 g/mol. The quantitative estimate of drug-likeness (QED) is 0.869. The van der Waals surface area contributed by atoms with E-state index in [1.54, 1.807) is 12.1 Å². The summed E-state index contributed by atoms with van der Waals surface area (Å²) < 4.78 is 32.7. The standard InChI is InChI=1S/C13H20N2O3S/c1-9-6-7-12(18-2)13(8-9)19(16,17)15-11-5-3-4-10(11)14/h6-8,10-11,15H,3-5,14H2,1-2H3. The Morgan fingerprint density at radius 3 is 2.68 bits per heavy atom. The molecule has 2 unspecified atom stereocenters. The summed E-state index contributed by atoms with van der Waals surface area (Å²) in [6.45, 7) is 1.85. The van der Waals surface area contributed by atoms with Gasteiger partial charge in [-0.15, -0.1) is 0 Å². The Labute approximate surface area is 114 Å². The van der Waals surface area contributed by atoms with Crippen LogP contribution >= 0.6 is 0 Å². The summed E-state index contributed by atoms with van der Waals surface area (Å²) in [6.07, 6.45) is 2.60. The SMILES string of the molecule is COc1ccc(C)cc1S(=O)(=O)NC1CCCC1N. The van der Waals surface area contributed by atoms with Crippen molar-refractivity contribution >= 4 is 10.0 Å². The van der Waals surface area contributed by atoms with Crippen molar-refractivity contribution in [3.63, 3.8) is 0 Å². The Balaban J connectivity index is 2.31. The van der Waals surface area contributed by atoms with E-state index in [1.165, 1.54) is 7.11 Å². The maximum Gasteiger partial charge on any atom is 0.244 e. The van der Waals surface area contributed by atoms with Crippen molar-refractivity contribution < 1.29 is 13.2 Å². The molecule has 0 bridgehead atoms. The number of rotatable bonds is 4. The van der Waals surface area contributed by atoms with Gasteiger partial charge in [0.1, 0.15) is 10.6 Å². The molecule has 0 saturated heterocycles. The van der Waals surface area contributed by atoms with Crippen LogP contribution in [-0.2, 0) is 10.0 Å². The minimum absolute atomic E-state index is 0.106. The lowest BCUT2D eigenvalue weighted by Crippen LogP contribution is -2.43. The molecule has 0 aliphatic heterocycles. The summed E-state index contributed by atoms with van der Waals surface area (Å²) in [5.74, 6) is 0.352. The van der Waals surface area contributed by atoms with Gasteiger partial charge in [0.05, 0.1) is 7.11 Å². The molecule has 1 aliphatic carbocycles. The molecule has 3 N–H and O–H groups in total. The maximum absolute atomic E-state index is 12.4. The van der Waals surface area contributed by atoms with Gasteiger partial charge in [-0.25, -0.2) is 13.1 Å². The maximum atomic E-state index is 12.4. The molecular formula is C13H20N2O3S. The van der Waals surface area contributed by atoms with E-state index in [-0.39, 0.29) is 17.0 Å². The number of methoxy groups -OCH3 is 1. The zero-order valence-electron chi connectivity index (χ0n) is 11.2. The molecule has 0 radical (unpaired) electrons. The molecule has 6 heteroatoms. The molecule has 5 nitrogen and oxygen atoms in total. The van der Waals surface area contributed by atoms with Crippen LogP contribution in [0.25, 0.3) is 0 Å². The Morgan fingerprint density at radius 2 is 2.11 bits per heavy atom. The first kappa shape index (κ1) is 14.3. The van der Waals surface area contributed by atoms with Crippen molar-refractivity contribution in [2.45, 2.75) is 43.2 Å². The molecule has 1 fully saturated rings. The summed E-state index contributed by atoms with van der Waals surface area (Å²) in [6, 6.07) is 4.81. The number of nitrogens with one attached hydrogen (secondary N) is 1. The molecule has 0 amide bonds. The predicted octanol–water partition coefficient (Wildman–Crippen LogP) is 1.16. The molecule has 0 aromatic heterocycles. The third-order valence-electron chi connectivity index (χ3n) is 3.48. The lowest BCUT2D eigenvalue weighted by molar-refractivity contribution is 0.401. The first-order chi connectivity index (χ1) is 8.94. The Morgan fingerprint density at radius 1 is 1.37 bits per heavy atom. The van der Waals surface area contributed by atoms with Crippen molar-refractivity contribution in [2.75, 3.05) is 7.11 Å². The average molecular weight is 284 g/mol. The van der Waals surface area contributed by atoms with E-state index in [2.05, 4.69) is 4.72 Å². The van der Waals surface area contributed by atoms with Crippen molar-refractivity contribution in [1.29, 1.82) is 0 Å². The summed E-state index contributed by atoms with van der Waals surface area (Å²) in [5.41, 5.74) is 6.78. The highest BCUT2D eigenvalue weighted by Gasteiger charge is 2.30. The first-order valence-corrected chi connectivity index (χ1v) is 7.85. The minimum Gasteiger partial charge on any atom is -0.495 e. The van der Waals surface area contributed by atoms with E-state index < -0.39 is 10.0 Å². The van der Waals surface area contributed by atoms with Crippen LogP contribution in [0.3, 0.4) is 0 Å². The molecule has 19 heavy (non-hydrogen) atoms. The van der Waals surface area contributed by atoms with E-state index in [1.807, 2.05) is 13.0 Å². The highest BCUT2D eigenvalue weighted by Crippen LogP contribution is 2.26. The third kappa shape index (κ3) is 3.08. The lowest BCUT2D eigenvalue weighted by Gasteiger charge is -2.18. The van der Waals surface area contributed by atoms with Crippen molar-refractivity contribution in [1.82, 2.24) is 4.72 Å². The van der Waals surface area contributed by atoms with Gasteiger partial charge in [0.2, 0.25) is 10.0 Å². The van der Waals surface area contributed by atoms with Gasteiger partial charge in [-0.05, 0) is 37.5 Å². The van der Waals surface area contributed by atoms with Gasteiger partial charge in [0.15, 0.2) is 0 Å². The van der Waals surface area contributed by atoms with Gasteiger partial charge >= 0.3 is 0 Å². The van der Waals surface area contributed by atoms with E-state index >= 15 is 0 Å². The van der Waals surface area contributed by atoms with Gasteiger partial charge in [-0.2, -0.15) is 0 Å². The molecule has 1 saturated carbocycles. The van der Waals surface area contributed by atoms with Crippen LogP contribution in [0.5, 0.6) is 5.75 Å². The molecule has 1 aromatic rings. The van der Waals surface area contributed by atoms with Crippen LogP contribution in [-0.4, -0.2) is 27.6 Å². The fourth-order valence-electron chi connectivity index (χ4n) is 2.39. The van der Waals surface area contributed by atoms with Gasteiger partial charge < -0.3 is 10.5 Å². The summed E-state index contributed by atoms with van der Waals surface area (Å²) in [4.78, 5) is 0.175. The second-order valence-corrected chi connectivity index (χ2v) is 6.66.